The third-order valence-corrected chi connectivity index (χ3v) is 6.52. The molecule has 12 nitrogen and oxygen atoms in total. The van der Waals surface area contributed by atoms with Crippen molar-refractivity contribution < 1.29 is 34.2 Å². The van der Waals surface area contributed by atoms with Crippen molar-refractivity contribution in [2.24, 2.45) is 5.73 Å². The number of hydrogen-bond donors (Lipinski definition) is 8. The number of para-hydroxylation sites is 1. The number of aromatic nitrogens is 1. The first-order chi connectivity index (χ1) is 17.6. The Hall–Kier alpha value is -3.23. The number of carboxylic acid groups (broad SMARTS) is 2. The smallest absolute Gasteiger partial charge is 0.326 e. The molecule has 0 saturated heterocycles. The number of aliphatic carboxylic acids is 2. The lowest BCUT2D eigenvalue weighted by Gasteiger charge is -2.24. The van der Waals surface area contributed by atoms with Gasteiger partial charge in [-0.15, -0.1) is 0 Å². The summed E-state index contributed by atoms with van der Waals surface area (Å²) < 4.78 is 0. The minimum atomic E-state index is -1.71. The van der Waals surface area contributed by atoms with E-state index in [2.05, 4.69) is 33.6 Å². The summed E-state index contributed by atoms with van der Waals surface area (Å²) in [5.41, 5.74) is 7.32. The standard InChI is InChI=1S/C23H31N5O7S2/c1-37-7-6-14(24)20(31)28-18(11-36)22(33)26-16(21(32)27-17(23(34)35)9-19(29)30)8-12-10-25-15-5-3-2-4-13(12)15/h2-5,10,14,16-18,25,36H,6-9,11,24H2,1H3,(H,26,33)(H,27,32)(H,28,31)(H,29,30)(H,34,35). The summed E-state index contributed by atoms with van der Waals surface area (Å²) in [7, 11) is 0. The number of nitrogens with two attached hydrogens (primary N) is 1. The molecule has 1 heterocycles. The van der Waals surface area contributed by atoms with Gasteiger partial charge in [0.25, 0.3) is 0 Å². The predicted octanol–water partition coefficient (Wildman–Crippen LogP) is -0.266. The monoisotopic (exact) mass is 553 g/mol. The van der Waals surface area contributed by atoms with E-state index >= 15 is 0 Å². The van der Waals surface area contributed by atoms with Crippen molar-refractivity contribution in [1.82, 2.24) is 20.9 Å². The maximum absolute atomic E-state index is 13.1. The molecule has 1 aromatic heterocycles. The molecule has 4 unspecified atom stereocenters. The molecule has 2 rings (SSSR count). The predicted molar refractivity (Wildman–Crippen MR) is 143 cm³/mol. The van der Waals surface area contributed by atoms with Gasteiger partial charge in [-0.1, -0.05) is 18.2 Å². The van der Waals surface area contributed by atoms with Gasteiger partial charge < -0.3 is 36.9 Å². The summed E-state index contributed by atoms with van der Waals surface area (Å²) in [4.78, 5) is 64.1. The number of carboxylic acids is 2. The van der Waals surface area contributed by atoms with Gasteiger partial charge in [0.1, 0.15) is 18.1 Å². The van der Waals surface area contributed by atoms with Crippen LogP contribution in [0.4, 0.5) is 0 Å². The second-order valence-electron chi connectivity index (χ2n) is 8.25. The minimum Gasteiger partial charge on any atom is -0.481 e. The van der Waals surface area contributed by atoms with E-state index in [0.717, 1.165) is 10.9 Å². The number of carbonyl (C=O) groups is 5. The Morgan fingerprint density at radius 3 is 2.24 bits per heavy atom. The van der Waals surface area contributed by atoms with Crippen molar-refractivity contribution >= 4 is 65.0 Å². The van der Waals surface area contributed by atoms with Crippen LogP contribution in [0.1, 0.15) is 18.4 Å². The Bertz CT molecular complexity index is 1130. The van der Waals surface area contributed by atoms with Crippen LogP contribution in [0.5, 0.6) is 0 Å². The molecule has 14 heteroatoms. The lowest BCUT2D eigenvalue weighted by atomic mass is 10.0. The average molecular weight is 554 g/mol. The van der Waals surface area contributed by atoms with E-state index in [1.54, 1.807) is 12.3 Å². The molecule has 0 saturated carbocycles. The number of amides is 3. The SMILES string of the molecule is CSCCC(N)C(=O)NC(CS)C(=O)NC(Cc1c[nH]c2ccccc12)C(=O)NC(CC(=O)O)C(=O)O. The lowest BCUT2D eigenvalue weighted by Crippen LogP contribution is -2.58. The number of hydrogen-bond acceptors (Lipinski definition) is 8. The molecule has 2 aromatic rings. The first-order valence-corrected chi connectivity index (χ1v) is 13.4. The lowest BCUT2D eigenvalue weighted by molar-refractivity contribution is -0.147. The summed E-state index contributed by atoms with van der Waals surface area (Å²) in [6.45, 7) is 0. The third kappa shape index (κ3) is 8.98. The Labute approximate surface area is 222 Å². The van der Waals surface area contributed by atoms with Crippen LogP contribution in [0, 0.1) is 0 Å². The van der Waals surface area contributed by atoms with Crippen LogP contribution in [0.3, 0.4) is 0 Å². The molecule has 1 aromatic carbocycles. The van der Waals surface area contributed by atoms with Gasteiger partial charge >= 0.3 is 11.9 Å². The first kappa shape index (κ1) is 30.0. The summed E-state index contributed by atoms with van der Waals surface area (Å²) in [6.07, 6.45) is 3.05. The molecular formula is C23H31N5O7S2. The highest BCUT2D eigenvalue weighted by Gasteiger charge is 2.31. The summed E-state index contributed by atoms with van der Waals surface area (Å²) in [5.74, 6) is -4.56. The maximum atomic E-state index is 13.1. The fourth-order valence-corrected chi connectivity index (χ4v) is 4.24. The first-order valence-electron chi connectivity index (χ1n) is 11.3. The zero-order valence-electron chi connectivity index (χ0n) is 20.1. The number of thioether (sulfide) groups is 1. The molecular weight excluding hydrogens is 522 g/mol. The summed E-state index contributed by atoms with van der Waals surface area (Å²) in [5, 5.41) is 26.4. The molecule has 0 aliphatic heterocycles. The zero-order chi connectivity index (χ0) is 27.5. The molecule has 0 radical (unpaired) electrons. The van der Waals surface area contributed by atoms with Crippen molar-refractivity contribution in [2.75, 3.05) is 17.8 Å². The summed E-state index contributed by atoms with van der Waals surface area (Å²) in [6, 6.07) is 2.31. The van der Waals surface area contributed by atoms with Crippen LogP contribution in [0.25, 0.3) is 10.9 Å². The summed E-state index contributed by atoms with van der Waals surface area (Å²) >= 11 is 5.65. The molecule has 0 spiro atoms. The van der Waals surface area contributed by atoms with E-state index in [1.807, 2.05) is 24.5 Å². The van der Waals surface area contributed by atoms with Crippen molar-refractivity contribution in [3.05, 3.63) is 36.0 Å². The van der Waals surface area contributed by atoms with Crippen molar-refractivity contribution in [3.63, 3.8) is 0 Å². The third-order valence-electron chi connectivity index (χ3n) is 5.51. The second-order valence-corrected chi connectivity index (χ2v) is 9.60. The van der Waals surface area contributed by atoms with Gasteiger partial charge in [0.2, 0.25) is 17.7 Å². The Morgan fingerprint density at radius 2 is 1.62 bits per heavy atom. The fraction of sp³-hybridized carbons (Fsp3) is 0.435. The zero-order valence-corrected chi connectivity index (χ0v) is 21.8. The van der Waals surface area contributed by atoms with E-state index in [4.69, 9.17) is 10.8 Å². The van der Waals surface area contributed by atoms with Crippen LogP contribution >= 0.6 is 24.4 Å². The van der Waals surface area contributed by atoms with Crippen molar-refractivity contribution in [3.8, 4) is 0 Å². The molecule has 4 atom stereocenters. The molecule has 0 bridgehead atoms. The Balaban J connectivity index is 2.24. The van der Waals surface area contributed by atoms with Gasteiger partial charge in [0.15, 0.2) is 0 Å². The largest absolute Gasteiger partial charge is 0.481 e. The maximum Gasteiger partial charge on any atom is 0.326 e. The Morgan fingerprint density at radius 1 is 1.00 bits per heavy atom. The van der Waals surface area contributed by atoms with Crippen molar-refractivity contribution in [1.29, 1.82) is 0 Å². The van der Waals surface area contributed by atoms with Crippen LogP contribution in [-0.2, 0) is 30.4 Å². The van der Waals surface area contributed by atoms with Gasteiger partial charge in [-0.3, -0.25) is 19.2 Å². The minimum absolute atomic E-state index is 0.0402. The van der Waals surface area contributed by atoms with Crippen molar-refractivity contribution in [2.45, 2.75) is 43.4 Å². The molecule has 8 N–H and O–H groups in total. The highest BCUT2D eigenvalue weighted by Crippen LogP contribution is 2.19. The number of benzene rings is 1. The van der Waals surface area contributed by atoms with E-state index < -0.39 is 60.2 Å². The fourth-order valence-electron chi connectivity index (χ4n) is 3.50. The van der Waals surface area contributed by atoms with E-state index in [-0.39, 0.29) is 12.2 Å². The Kier molecular flexibility index (Phi) is 11.8. The molecule has 0 aliphatic rings. The average Bonchev–Trinajstić information content (AvgIpc) is 3.27. The topological polar surface area (TPSA) is 204 Å². The number of H-pyrrole nitrogens is 1. The number of thiol groups is 1. The van der Waals surface area contributed by atoms with Crippen LogP contribution in [0.2, 0.25) is 0 Å². The molecule has 0 fully saturated rings. The van der Waals surface area contributed by atoms with Crippen LogP contribution in [-0.4, -0.2) is 86.8 Å². The quantitative estimate of drug-likeness (QED) is 0.137. The van der Waals surface area contributed by atoms with Crippen LogP contribution in [0.15, 0.2) is 30.5 Å². The second kappa shape index (κ2) is 14.5. The number of rotatable bonds is 15. The highest BCUT2D eigenvalue weighted by atomic mass is 32.2. The van der Waals surface area contributed by atoms with Crippen LogP contribution < -0.4 is 21.7 Å². The number of aromatic amines is 1. The van der Waals surface area contributed by atoms with E-state index in [0.29, 0.717) is 17.7 Å². The number of nitrogens with one attached hydrogen (secondary N) is 4. The van der Waals surface area contributed by atoms with Gasteiger partial charge in [-0.25, -0.2) is 4.79 Å². The highest BCUT2D eigenvalue weighted by molar-refractivity contribution is 7.98. The normalized spacial score (nSPS) is 14.2. The molecule has 0 aliphatic carbocycles. The number of fused-ring (bicyclic) bond motifs is 1. The van der Waals surface area contributed by atoms with Gasteiger partial charge in [0.05, 0.1) is 12.5 Å². The van der Waals surface area contributed by atoms with E-state index in [1.165, 1.54) is 11.8 Å². The number of carbonyl (C=O) groups excluding carboxylic acids is 3. The molecule has 3 amide bonds. The van der Waals surface area contributed by atoms with Gasteiger partial charge in [0, 0.05) is 29.3 Å². The van der Waals surface area contributed by atoms with E-state index in [9.17, 15) is 29.1 Å². The van der Waals surface area contributed by atoms with Gasteiger partial charge in [-0.2, -0.15) is 24.4 Å². The van der Waals surface area contributed by atoms with Gasteiger partial charge in [-0.05, 0) is 30.1 Å². The molecule has 202 valence electrons. The molecule has 37 heavy (non-hydrogen) atoms.